The van der Waals surface area contributed by atoms with Crippen molar-refractivity contribution in [1.82, 2.24) is 0 Å². The molecule has 0 heterocycles. The Morgan fingerprint density at radius 3 is 2.50 bits per heavy atom. The zero-order valence-corrected chi connectivity index (χ0v) is 6.51. The molecule has 0 saturated heterocycles. The van der Waals surface area contributed by atoms with Gasteiger partial charge in [0.1, 0.15) is 0 Å². The lowest BCUT2D eigenvalue weighted by molar-refractivity contribution is -0.138. The molecule has 0 aliphatic rings. The van der Waals surface area contributed by atoms with Crippen LogP contribution >= 0.6 is 11.6 Å². The molecule has 0 fully saturated rings. The van der Waals surface area contributed by atoms with E-state index in [1.54, 1.807) is 0 Å². The summed E-state index contributed by atoms with van der Waals surface area (Å²) in [4.78, 5) is 10.1. The van der Waals surface area contributed by atoms with Crippen molar-refractivity contribution in [3.05, 3.63) is 0 Å². The number of alkyl halides is 1. The van der Waals surface area contributed by atoms with Crippen molar-refractivity contribution in [2.24, 2.45) is 0 Å². The molecule has 0 aromatic rings. The largest absolute Gasteiger partial charge is 0.480 e. The maximum absolute atomic E-state index is 10.1. The molecule has 2 N–H and O–H groups in total. The van der Waals surface area contributed by atoms with Crippen LogP contribution in [-0.2, 0) is 4.79 Å². The van der Waals surface area contributed by atoms with E-state index in [0.29, 0.717) is 6.42 Å². The first kappa shape index (κ1) is 9.72. The van der Waals surface area contributed by atoms with Crippen molar-refractivity contribution < 1.29 is 15.0 Å². The molecule has 0 aromatic heterocycles. The van der Waals surface area contributed by atoms with E-state index in [9.17, 15) is 4.79 Å². The third-order valence-corrected chi connectivity index (χ3v) is 1.64. The molecule has 4 heteroatoms. The van der Waals surface area contributed by atoms with Crippen molar-refractivity contribution in [3.8, 4) is 0 Å². The van der Waals surface area contributed by atoms with Gasteiger partial charge in [-0.2, -0.15) is 0 Å². The number of aliphatic hydroxyl groups excluding tert-OH is 1. The second-order valence-corrected chi connectivity index (χ2v) is 2.57. The third-order valence-electron chi connectivity index (χ3n) is 1.16. The van der Waals surface area contributed by atoms with Crippen LogP contribution in [0.4, 0.5) is 0 Å². The fraction of sp³-hybridized carbons (Fsp3) is 0.833. The van der Waals surface area contributed by atoms with Crippen molar-refractivity contribution in [2.75, 3.05) is 0 Å². The van der Waals surface area contributed by atoms with Gasteiger partial charge in [0.2, 0.25) is 0 Å². The number of carboxylic acid groups (broad SMARTS) is 1. The summed E-state index contributed by atoms with van der Waals surface area (Å²) in [7, 11) is 0. The van der Waals surface area contributed by atoms with Gasteiger partial charge in [0, 0.05) is 0 Å². The standard InChI is InChI=1S/C6H11ClO3/c1-2-3-4(8)5(7)6(9)10/h4-5,8H,2-3H2,1H3,(H,9,10). The summed E-state index contributed by atoms with van der Waals surface area (Å²) >= 11 is 5.30. The van der Waals surface area contributed by atoms with E-state index in [1.807, 2.05) is 6.92 Å². The molecule has 0 saturated carbocycles. The number of carbonyl (C=O) groups is 1. The van der Waals surface area contributed by atoms with Crippen molar-refractivity contribution in [3.63, 3.8) is 0 Å². The zero-order chi connectivity index (χ0) is 8.15. The lowest BCUT2D eigenvalue weighted by Gasteiger charge is -2.10. The summed E-state index contributed by atoms with van der Waals surface area (Å²) in [5, 5.41) is 16.1. The lowest BCUT2D eigenvalue weighted by Crippen LogP contribution is -2.28. The molecular formula is C6H11ClO3. The molecule has 0 radical (unpaired) electrons. The summed E-state index contributed by atoms with van der Waals surface area (Å²) in [5.74, 6) is -1.16. The van der Waals surface area contributed by atoms with Gasteiger partial charge < -0.3 is 10.2 Å². The summed E-state index contributed by atoms with van der Waals surface area (Å²) in [5.41, 5.74) is 0. The zero-order valence-electron chi connectivity index (χ0n) is 5.75. The molecule has 0 spiro atoms. The first-order valence-electron chi connectivity index (χ1n) is 3.14. The molecule has 0 aliphatic heterocycles. The van der Waals surface area contributed by atoms with E-state index < -0.39 is 17.5 Å². The Morgan fingerprint density at radius 2 is 2.20 bits per heavy atom. The number of halogens is 1. The molecule has 3 nitrogen and oxygen atoms in total. The number of aliphatic hydroxyl groups is 1. The highest BCUT2D eigenvalue weighted by molar-refractivity contribution is 6.30. The van der Waals surface area contributed by atoms with E-state index in [0.717, 1.165) is 6.42 Å². The average Bonchev–Trinajstić information content (AvgIpc) is 1.87. The highest BCUT2D eigenvalue weighted by atomic mass is 35.5. The normalized spacial score (nSPS) is 16.3. The molecule has 0 aromatic carbocycles. The van der Waals surface area contributed by atoms with E-state index in [4.69, 9.17) is 21.8 Å². The van der Waals surface area contributed by atoms with Crippen LogP contribution in [0.1, 0.15) is 19.8 Å². The summed E-state index contributed by atoms with van der Waals surface area (Å²) in [6.07, 6.45) is 0.238. The summed E-state index contributed by atoms with van der Waals surface area (Å²) in [6.45, 7) is 1.86. The maximum atomic E-state index is 10.1. The molecule has 0 rings (SSSR count). The van der Waals surface area contributed by atoms with Gasteiger partial charge in [-0.05, 0) is 6.42 Å². The second-order valence-electron chi connectivity index (χ2n) is 2.10. The maximum Gasteiger partial charge on any atom is 0.324 e. The Hall–Kier alpha value is -0.280. The van der Waals surface area contributed by atoms with Gasteiger partial charge in [-0.25, -0.2) is 0 Å². The molecule has 60 valence electrons. The summed E-state index contributed by atoms with van der Waals surface area (Å²) < 4.78 is 0. The fourth-order valence-corrected chi connectivity index (χ4v) is 0.733. The highest BCUT2D eigenvalue weighted by Gasteiger charge is 2.22. The monoisotopic (exact) mass is 166 g/mol. The van der Waals surface area contributed by atoms with E-state index in [2.05, 4.69) is 0 Å². The van der Waals surface area contributed by atoms with Gasteiger partial charge in [-0.1, -0.05) is 13.3 Å². The molecule has 10 heavy (non-hydrogen) atoms. The molecule has 2 atom stereocenters. The van der Waals surface area contributed by atoms with Crippen molar-refractivity contribution in [2.45, 2.75) is 31.2 Å². The third kappa shape index (κ3) is 3.03. The Labute approximate surface area is 64.6 Å². The first-order valence-corrected chi connectivity index (χ1v) is 3.58. The van der Waals surface area contributed by atoms with Gasteiger partial charge in [-0.3, -0.25) is 4.79 Å². The van der Waals surface area contributed by atoms with Crippen LogP contribution in [0.5, 0.6) is 0 Å². The smallest absolute Gasteiger partial charge is 0.324 e. The number of aliphatic carboxylic acids is 1. The topological polar surface area (TPSA) is 57.5 Å². The predicted molar refractivity (Wildman–Crippen MR) is 38.2 cm³/mol. The Morgan fingerprint density at radius 1 is 1.70 bits per heavy atom. The quantitative estimate of drug-likeness (QED) is 0.609. The lowest BCUT2D eigenvalue weighted by atomic mass is 10.1. The minimum absolute atomic E-state index is 0.431. The van der Waals surface area contributed by atoms with Gasteiger partial charge in [0.15, 0.2) is 5.38 Å². The van der Waals surface area contributed by atoms with E-state index >= 15 is 0 Å². The predicted octanol–water partition coefficient (Wildman–Crippen LogP) is 0.839. The van der Waals surface area contributed by atoms with E-state index in [-0.39, 0.29) is 0 Å². The highest BCUT2D eigenvalue weighted by Crippen LogP contribution is 2.08. The number of hydrogen-bond donors (Lipinski definition) is 2. The summed E-state index contributed by atoms with van der Waals surface area (Å²) in [6, 6.07) is 0. The minimum Gasteiger partial charge on any atom is -0.480 e. The van der Waals surface area contributed by atoms with Crippen LogP contribution < -0.4 is 0 Å². The fourth-order valence-electron chi connectivity index (χ4n) is 0.607. The number of hydrogen-bond acceptors (Lipinski definition) is 2. The molecular weight excluding hydrogens is 156 g/mol. The Bertz CT molecular complexity index is 116. The second kappa shape index (κ2) is 4.52. The van der Waals surface area contributed by atoms with Crippen molar-refractivity contribution >= 4 is 17.6 Å². The average molecular weight is 167 g/mol. The molecule has 0 bridgehead atoms. The van der Waals surface area contributed by atoms with Crippen LogP contribution in [-0.4, -0.2) is 27.7 Å². The van der Waals surface area contributed by atoms with Gasteiger partial charge in [0.25, 0.3) is 0 Å². The van der Waals surface area contributed by atoms with Crippen LogP contribution in [0.2, 0.25) is 0 Å². The van der Waals surface area contributed by atoms with Gasteiger partial charge >= 0.3 is 5.97 Å². The Balaban J connectivity index is 3.69. The van der Waals surface area contributed by atoms with E-state index in [1.165, 1.54) is 0 Å². The number of carboxylic acids is 1. The molecule has 2 unspecified atom stereocenters. The Kier molecular flexibility index (Phi) is 4.40. The van der Waals surface area contributed by atoms with Gasteiger partial charge in [-0.15, -0.1) is 11.6 Å². The van der Waals surface area contributed by atoms with Crippen LogP contribution in [0, 0.1) is 0 Å². The van der Waals surface area contributed by atoms with Crippen molar-refractivity contribution in [1.29, 1.82) is 0 Å². The molecule has 0 aliphatic carbocycles. The van der Waals surface area contributed by atoms with Crippen LogP contribution in [0.25, 0.3) is 0 Å². The van der Waals surface area contributed by atoms with Crippen LogP contribution in [0.15, 0.2) is 0 Å². The van der Waals surface area contributed by atoms with Crippen LogP contribution in [0.3, 0.4) is 0 Å². The molecule has 0 amide bonds. The number of rotatable bonds is 4. The SMILES string of the molecule is CCCC(O)C(Cl)C(=O)O. The minimum atomic E-state index is -1.17. The first-order chi connectivity index (χ1) is 4.59. The van der Waals surface area contributed by atoms with Gasteiger partial charge in [0.05, 0.1) is 6.10 Å².